The van der Waals surface area contributed by atoms with E-state index < -0.39 is 5.82 Å². The normalized spacial score (nSPS) is 17.0. The first-order valence-corrected chi connectivity index (χ1v) is 7.51. The van der Waals surface area contributed by atoms with E-state index in [1.165, 1.54) is 17.7 Å². The van der Waals surface area contributed by atoms with Gasteiger partial charge < -0.3 is 5.32 Å². The average Bonchev–Trinajstić information content (AvgIpc) is 2.91. The van der Waals surface area contributed by atoms with Crippen LogP contribution in [-0.4, -0.2) is 6.54 Å². The first kappa shape index (κ1) is 14.2. The molecular formula is C18H19F2N. The molecule has 1 N–H and O–H groups in total. The lowest BCUT2D eigenvalue weighted by atomic mass is 9.96. The van der Waals surface area contributed by atoms with Gasteiger partial charge in [-0.25, -0.2) is 8.78 Å². The number of rotatable bonds is 4. The molecule has 2 aromatic rings. The summed E-state index contributed by atoms with van der Waals surface area (Å²) in [5, 5.41) is 3.52. The first-order chi connectivity index (χ1) is 10.2. The summed E-state index contributed by atoms with van der Waals surface area (Å²) >= 11 is 0. The van der Waals surface area contributed by atoms with Gasteiger partial charge in [-0.15, -0.1) is 0 Å². The third kappa shape index (κ3) is 2.70. The predicted molar refractivity (Wildman–Crippen MR) is 81.1 cm³/mol. The van der Waals surface area contributed by atoms with E-state index in [2.05, 4.69) is 18.3 Å². The fourth-order valence-corrected chi connectivity index (χ4v) is 3.14. The third-order valence-corrected chi connectivity index (χ3v) is 4.13. The Bertz CT molecular complexity index is 652. The van der Waals surface area contributed by atoms with Gasteiger partial charge in [-0.1, -0.05) is 25.1 Å². The van der Waals surface area contributed by atoms with E-state index in [4.69, 9.17) is 0 Å². The quantitative estimate of drug-likeness (QED) is 0.865. The van der Waals surface area contributed by atoms with Crippen molar-refractivity contribution >= 4 is 0 Å². The van der Waals surface area contributed by atoms with E-state index in [9.17, 15) is 8.78 Å². The van der Waals surface area contributed by atoms with Crippen LogP contribution in [0.15, 0.2) is 36.4 Å². The van der Waals surface area contributed by atoms with Gasteiger partial charge in [0, 0.05) is 11.6 Å². The third-order valence-electron chi connectivity index (χ3n) is 4.13. The number of halogens is 2. The molecule has 21 heavy (non-hydrogen) atoms. The lowest BCUT2D eigenvalue weighted by Crippen LogP contribution is -2.19. The van der Waals surface area contributed by atoms with Crippen molar-refractivity contribution in [2.45, 2.75) is 32.2 Å². The molecule has 0 heterocycles. The van der Waals surface area contributed by atoms with Crippen molar-refractivity contribution in [3.8, 4) is 11.1 Å². The van der Waals surface area contributed by atoms with Crippen LogP contribution in [0.1, 0.15) is 36.9 Å². The Balaban J connectivity index is 2.02. The molecule has 0 bridgehead atoms. The molecule has 0 spiro atoms. The zero-order chi connectivity index (χ0) is 14.8. The molecule has 0 fully saturated rings. The molecule has 110 valence electrons. The van der Waals surface area contributed by atoms with Crippen LogP contribution in [0.25, 0.3) is 11.1 Å². The Morgan fingerprint density at radius 1 is 1.14 bits per heavy atom. The molecule has 0 aromatic heterocycles. The number of hydrogen-bond donors (Lipinski definition) is 1. The van der Waals surface area contributed by atoms with Gasteiger partial charge in [0.15, 0.2) is 0 Å². The summed E-state index contributed by atoms with van der Waals surface area (Å²) in [6.07, 6.45) is 3.01. The number of fused-ring (bicyclic) bond motifs is 1. The maximum atomic E-state index is 14.0. The molecule has 2 aromatic carbocycles. The van der Waals surface area contributed by atoms with Crippen LogP contribution in [0.5, 0.6) is 0 Å². The first-order valence-electron chi connectivity index (χ1n) is 7.51. The average molecular weight is 287 g/mol. The lowest BCUT2D eigenvalue weighted by Gasteiger charge is -2.15. The molecule has 1 unspecified atom stereocenters. The van der Waals surface area contributed by atoms with Crippen LogP contribution >= 0.6 is 0 Å². The van der Waals surface area contributed by atoms with Gasteiger partial charge in [0.05, 0.1) is 0 Å². The van der Waals surface area contributed by atoms with Crippen molar-refractivity contribution in [1.29, 1.82) is 0 Å². The molecular weight excluding hydrogens is 268 g/mol. The number of hydrogen-bond acceptors (Lipinski definition) is 1. The minimum atomic E-state index is -0.400. The van der Waals surface area contributed by atoms with Crippen LogP contribution in [0.3, 0.4) is 0 Å². The SMILES string of the molecule is CCCNC1CCc2c(-c3cc(F)ccc3F)cccc21. The van der Waals surface area contributed by atoms with Gasteiger partial charge in [-0.3, -0.25) is 0 Å². The highest BCUT2D eigenvalue weighted by Crippen LogP contribution is 2.38. The van der Waals surface area contributed by atoms with E-state index in [0.717, 1.165) is 43.0 Å². The molecule has 3 rings (SSSR count). The van der Waals surface area contributed by atoms with Gasteiger partial charge in [-0.05, 0) is 60.7 Å². The molecule has 3 heteroatoms. The summed E-state index contributed by atoms with van der Waals surface area (Å²) in [5.41, 5.74) is 3.56. The maximum absolute atomic E-state index is 14.0. The number of nitrogens with one attached hydrogen (secondary N) is 1. The summed E-state index contributed by atoms with van der Waals surface area (Å²) in [5.74, 6) is -0.766. The van der Waals surface area contributed by atoms with E-state index in [1.54, 1.807) is 0 Å². The molecule has 0 aliphatic heterocycles. The summed E-state index contributed by atoms with van der Waals surface area (Å²) in [4.78, 5) is 0. The highest BCUT2D eigenvalue weighted by molar-refractivity contribution is 5.70. The minimum absolute atomic E-state index is 0.330. The van der Waals surface area contributed by atoms with E-state index in [0.29, 0.717) is 11.6 Å². The molecule has 1 aliphatic rings. The highest BCUT2D eigenvalue weighted by Gasteiger charge is 2.25. The Labute approximate surface area is 124 Å². The largest absolute Gasteiger partial charge is 0.310 e. The Morgan fingerprint density at radius 2 is 2.00 bits per heavy atom. The fourth-order valence-electron chi connectivity index (χ4n) is 3.14. The summed E-state index contributed by atoms with van der Waals surface area (Å²) in [6.45, 7) is 3.12. The van der Waals surface area contributed by atoms with Crippen LogP contribution < -0.4 is 5.32 Å². The number of benzene rings is 2. The summed E-state index contributed by atoms with van der Waals surface area (Å²) in [6, 6.07) is 9.90. The second-order valence-electron chi connectivity index (χ2n) is 5.54. The van der Waals surface area contributed by atoms with Crippen molar-refractivity contribution in [2.75, 3.05) is 6.54 Å². The fraction of sp³-hybridized carbons (Fsp3) is 0.333. The minimum Gasteiger partial charge on any atom is -0.310 e. The van der Waals surface area contributed by atoms with E-state index >= 15 is 0 Å². The predicted octanol–water partition coefficient (Wildman–Crippen LogP) is 4.62. The van der Waals surface area contributed by atoms with Crippen LogP contribution in [0, 0.1) is 11.6 Å². The van der Waals surface area contributed by atoms with Crippen molar-refractivity contribution < 1.29 is 8.78 Å². The highest BCUT2D eigenvalue weighted by atomic mass is 19.1. The second-order valence-corrected chi connectivity index (χ2v) is 5.54. The Morgan fingerprint density at radius 3 is 2.81 bits per heavy atom. The van der Waals surface area contributed by atoms with Crippen molar-refractivity contribution in [3.05, 3.63) is 59.2 Å². The smallest absolute Gasteiger partial charge is 0.131 e. The van der Waals surface area contributed by atoms with Crippen LogP contribution in [0.4, 0.5) is 8.78 Å². The van der Waals surface area contributed by atoms with Crippen LogP contribution in [-0.2, 0) is 6.42 Å². The molecule has 0 saturated carbocycles. The van der Waals surface area contributed by atoms with Crippen molar-refractivity contribution in [3.63, 3.8) is 0 Å². The zero-order valence-electron chi connectivity index (χ0n) is 12.1. The molecule has 0 saturated heterocycles. The van der Waals surface area contributed by atoms with Gasteiger partial charge >= 0.3 is 0 Å². The second kappa shape index (κ2) is 5.94. The van der Waals surface area contributed by atoms with Crippen molar-refractivity contribution in [1.82, 2.24) is 5.32 Å². The maximum Gasteiger partial charge on any atom is 0.131 e. The van der Waals surface area contributed by atoms with Crippen molar-refractivity contribution in [2.24, 2.45) is 0 Å². The topological polar surface area (TPSA) is 12.0 Å². The van der Waals surface area contributed by atoms with Crippen LogP contribution in [0.2, 0.25) is 0 Å². The molecule has 0 amide bonds. The Kier molecular flexibility index (Phi) is 4.02. The molecule has 1 atom stereocenters. The lowest BCUT2D eigenvalue weighted by molar-refractivity contribution is 0.529. The molecule has 1 aliphatic carbocycles. The summed E-state index contributed by atoms with van der Waals surface area (Å²) < 4.78 is 27.5. The standard InChI is InChI=1S/C18H19F2N/c1-2-10-21-18-9-7-14-13(4-3-5-15(14)18)16-11-12(19)6-8-17(16)20/h3-6,8,11,18,21H,2,7,9-10H2,1H3. The van der Waals surface area contributed by atoms with E-state index in [1.807, 2.05) is 12.1 Å². The monoisotopic (exact) mass is 287 g/mol. The van der Waals surface area contributed by atoms with Gasteiger partial charge in [0.25, 0.3) is 0 Å². The zero-order valence-corrected chi connectivity index (χ0v) is 12.1. The van der Waals surface area contributed by atoms with Gasteiger partial charge in [0.1, 0.15) is 11.6 Å². The molecule has 1 nitrogen and oxygen atoms in total. The van der Waals surface area contributed by atoms with E-state index in [-0.39, 0.29) is 5.82 Å². The molecule has 0 radical (unpaired) electrons. The summed E-state index contributed by atoms with van der Waals surface area (Å²) in [7, 11) is 0. The Hall–Kier alpha value is -1.74. The van der Waals surface area contributed by atoms with Gasteiger partial charge in [-0.2, -0.15) is 0 Å². The van der Waals surface area contributed by atoms with Gasteiger partial charge in [0.2, 0.25) is 0 Å².